The number of ether oxygens (including phenoxy) is 3. The third-order valence-corrected chi connectivity index (χ3v) is 5.08. The van der Waals surface area contributed by atoms with Gasteiger partial charge in [-0.25, -0.2) is 0 Å². The predicted octanol–water partition coefficient (Wildman–Crippen LogP) is -3.23. The van der Waals surface area contributed by atoms with Gasteiger partial charge in [0, 0.05) is 11.5 Å². The van der Waals surface area contributed by atoms with E-state index in [9.17, 15) is 35.4 Å². The molecule has 0 unspecified atom stereocenters. The summed E-state index contributed by atoms with van der Waals surface area (Å²) in [6, 6.07) is 0. The van der Waals surface area contributed by atoms with Gasteiger partial charge in [-0.2, -0.15) is 0 Å². The number of aliphatic hydroxyl groups excluding tert-OH is 5. The van der Waals surface area contributed by atoms with Crippen LogP contribution in [0.4, 0.5) is 0 Å². The minimum Gasteiger partial charge on any atom is -0.472 e. The minimum absolute atomic E-state index is 0.240. The zero-order valence-corrected chi connectivity index (χ0v) is 13.7. The number of rotatable bonds is 5. The second kappa shape index (κ2) is 7.33. The summed E-state index contributed by atoms with van der Waals surface area (Å²) < 4.78 is 16.2. The van der Waals surface area contributed by atoms with Crippen LogP contribution in [0.2, 0.25) is 0 Å². The Hall–Kier alpha value is -1.37. The van der Waals surface area contributed by atoms with Crippen LogP contribution in [0.25, 0.3) is 0 Å². The topological polar surface area (TPSA) is 166 Å². The molecule has 1 aliphatic carbocycles. The van der Waals surface area contributed by atoms with Gasteiger partial charge in [0.2, 0.25) is 6.29 Å². The standard InChI is InChI=1S/C16H22O10/c17-3-7-5-24-14(10-8(7)1-2-16(10,23)6-19)26-15-13(22)12(21)11(20)9(4-18)25-15/h1-3,5,8-15,18-23H,4,6H2/t8-,9-,10-,11-,12+,13-,14+,15+,16+/m1/s1. The quantitative estimate of drug-likeness (QED) is 0.213. The Kier molecular flexibility index (Phi) is 5.47. The van der Waals surface area contributed by atoms with Crippen LogP contribution in [0.5, 0.6) is 0 Å². The molecule has 1 fully saturated rings. The number of allylic oxidation sites excluding steroid dienone is 2. The maximum absolute atomic E-state index is 11.2. The molecule has 10 heteroatoms. The monoisotopic (exact) mass is 374 g/mol. The van der Waals surface area contributed by atoms with Crippen LogP contribution in [-0.2, 0) is 19.0 Å². The first-order valence-corrected chi connectivity index (χ1v) is 8.15. The van der Waals surface area contributed by atoms with Gasteiger partial charge in [0.25, 0.3) is 0 Å². The van der Waals surface area contributed by atoms with Gasteiger partial charge in [0.15, 0.2) is 6.29 Å². The van der Waals surface area contributed by atoms with Crippen molar-refractivity contribution in [3.63, 3.8) is 0 Å². The highest BCUT2D eigenvalue weighted by Gasteiger charge is 2.54. The number of hydrogen-bond donors (Lipinski definition) is 6. The molecular formula is C16H22O10. The Bertz CT molecular complexity index is 590. The van der Waals surface area contributed by atoms with Crippen molar-refractivity contribution in [2.24, 2.45) is 11.8 Å². The lowest BCUT2D eigenvalue weighted by Crippen LogP contribution is -2.61. The maximum atomic E-state index is 11.2. The number of hydrogen-bond acceptors (Lipinski definition) is 10. The second-order valence-corrected chi connectivity index (χ2v) is 6.63. The van der Waals surface area contributed by atoms with Crippen LogP contribution in [0.3, 0.4) is 0 Å². The van der Waals surface area contributed by atoms with Crippen molar-refractivity contribution in [3.05, 3.63) is 24.0 Å². The van der Waals surface area contributed by atoms with Crippen molar-refractivity contribution in [2.75, 3.05) is 13.2 Å². The van der Waals surface area contributed by atoms with Crippen molar-refractivity contribution in [3.8, 4) is 0 Å². The van der Waals surface area contributed by atoms with Gasteiger partial charge < -0.3 is 44.8 Å². The maximum Gasteiger partial charge on any atom is 0.208 e. The van der Waals surface area contributed by atoms with Crippen molar-refractivity contribution in [2.45, 2.75) is 42.6 Å². The fourth-order valence-electron chi connectivity index (χ4n) is 3.54. The molecule has 1 saturated heterocycles. The van der Waals surface area contributed by atoms with Crippen LogP contribution < -0.4 is 0 Å². The van der Waals surface area contributed by atoms with Gasteiger partial charge in [-0.15, -0.1) is 0 Å². The first-order chi connectivity index (χ1) is 12.4. The van der Waals surface area contributed by atoms with Gasteiger partial charge in [0.05, 0.1) is 25.4 Å². The Morgan fingerprint density at radius 2 is 1.88 bits per heavy atom. The van der Waals surface area contributed by atoms with Crippen LogP contribution in [0.1, 0.15) is 0 Å². The molecule has 2 heterocycles. The van der Waals surface area contributed by atoms with Crippen LogP contribution in [0.15, 0.2) is 24.0 Å². The molecule has 0 aromatic rings. The van der Waals surface area contributed by atoms with Crippen molar-refractivity contribution >= 4 is 6.29 Å². The molecule has 0 spiro atoms. The summed E-state index contributed by atoms with van der Waals surface area (Å²) >= 11 is 0. The summed E-state index contributed by atoms with van der Waals surface area (Å²) in [6.45, 7) is -1.28. The number of carbonyl (C=O) groups is 1. The Morgan fingerprint density at radius 1 is 1.15 bits per heavy atom. The lowest BCUT2D eigenvalue weighted by Gasteiger charge is -2.44. The minimum atomic E-state index is -1.73. The Balaban J connectivity index is 1.82. The summed E-state index contributed by atoms with van der Waals surface area (Å²) in [6.07, 6.45) is -4.11. The first kappa shape index (κ1) is 19.4. The average molecular weight is 374 g/mol. The summed E-state index contributed by atoms with van der Waals surface area (Å²) in [5, 5.41) is 59.1. The molecule has 3 rings (SSSR count). The highest BCUT2D eigenvalue weighted by Crippen LogP contribution is 2.44. The summed E-state index contributed by atoms with van der Waals surface area (Å²) in [5.41, 5.74) is -1.49. The van der Waals surface area contributed by atoms with Gasteiger partial charge >= 0.3 is 0 Å². The van der Waals surface area contributed by atoms with Gasteiger partial charge in [-0.05, 0) is 0 Å². The third kappa shape index (κ3) is 3.08. The van der Waals surface area contributed by atoms with E-state index in [0.29, 0.717) is 6.29 Å². The van der Waals surface area contributed by atoms with Gasteiger partial charge in [-0.1, -0.05) is 12.2 Å². The van der Waals surface area contributed by atoms with E-state index >= 15 is 0 Å². The van der Waals surface area contributed by atoms with E-state index in [1.807, 2.05) is 0 Å². The fourth-order valence-corrected chi connectivity index (χ4v) is 3.54. The molecule has 6 N–H and O–H groups in total. The summed E-state index contributed by atoms with van der Waals surface area (Å²) in [5.74, 6) is -1.50. The Morgan fingerprint density at radius 3 is 2.50 bits per heavy atom. The number of aliphatic hydroxyl groups is 6. The fraction of sp³-hybridized carbons (Fsp3) is 0.688. The Labute approximate surface area is 148 Å². The molecule has 0 saturated carbocycles. The van der Waals surface area contributed by atoms with E-state index in [-0.39, 0.29) is 5.57 Å². The molecule has 0 bridgehead atoms. The lowest BCUT2D eigenvalue weighted by atomic mass is 9.80. The lowest BCUT2D eigenvalue weighted by molar-refractivity contribution is -0.346. The molecule has 10 nitrogen and oxygen atoms in total. The summed E-state index contributed by atoms with van der Waals surface area (Å²) in [4.78, 5) is 11.2. The normalized spacial score (nSPS) is 47.8. The van der Waals surface area contributed by atoms with Crippen LogP contribution in [-0.4, -0.2) is 92.7 Å². The molecule has 26 heavy (non-hydrogen) atoms. The average Bonchev–Trinajstić information content (AvgIpc) is 3.01. The van der Waals surface area contributed by atoms with E-state index in [1.54, 1.807) is 6.08 Å². The molecule has 146 valence electrons. The van der Waals surface area contributed by atoms with Crippen LogP contribution in [0, 0.1) is 11.8 Å². The zero-order chi connectivity index (χ0) is 19.1. The SMILES string of the molecule is O=CC1=CO[C@@H](O[C@@H]2O[C@H](CO)[C@@H](O)[C@H](O)[C@H]2O)[C@H]2[C@@H]1C=C[C@]2(O)CO. The number of carbonyl (C=O) groups excluding carboxylic acids is 1. The smallest absolute Gasteiger partial charge is 0.208 e. The van der Waals surface area contributed by atoms with Gasteiger partial charge in [-0.3, -0.25) is 4.79 Å². The van der Waals surface area contributed by atoms with Crippen LogP contribution >= 0.6 is 0 Å². The number of aldehydes is 1. The van der Waals surface area contributed by atoms with E-state index in [4.69, 9.17) is 14.2 Å². The molecule has 3 aliphatic rings. The predicted molar refractivity (Wildman–Crippen MR) is 82.0 cm³/mol. The van der Waals surface area contributed by atoms with E-state index in [0.717, 1.165) is 6.26 Å². The van der Waals surface area contributed by atoms with Gasteiger partial charge in [0.1, 0.15) is 36.3 Å². The highest BCUT2D eigenvalue weighted by atomic mass is 16.8. The number of fused-ring (bicyclic) bond motifs is 1. The molecule has 0 aromatic carbocycles. The molecular weight excluding hydrogens is 352 g/mol. The molecule has 9 atom stereocenters. The van der Waals surface area contributed by atoms with Crippen molar-refractivity contribution in [1.82, 2.24) is 0 Å². The zero-order valence-electron chi connectivity index (χ0n) is 13.7. The van der Waals surface area contributed by atoms with Crippen molar-refractivity contribution < 1.29 is 49.6 Å². The van der Waals surface area contributed by atoms with E-state index in [1.165, 1.54) is 6.08 Å². The molecule has 0 radical (unpaired) electrons. The molecule has 2 aliphatic heterocycles. The largest absolute Gasteiger partial charge is 0.472 e. The molecule has 0 amide bonds. The first-order valence-electron chi connectivity index (χ1n) is 8.15. The molecule has 0 aromatic heterocycles. The van der Waals surface area contributed by atoms with E-state index < -0.39 is 67.6 Å². The second-order valence-electron chi connectivity index (χ2n) is 6.63. The third-order valence-electron chi connectivity index (χ3n) is 5.08. The van der Waals surface area contributed by atoms with Crippen molar-refractivity contribution in [1.29, 1.82) is 0 Å². The summed E-state index contributed by atoms with van der Waals surface area (Å²) in [7, 11) is 0. The van der Waals surface area contributed by atoms with E-state index in [2.05, 4.69) is 0 Å². The highest BCUT2D eigenvalue weighted by molar-refractivity contribution is 5.75.